The summed E-state index contributed by atoms with van der Waals surface area (Å²) in [5.74, 6) is 2.26. The van der Waals surface area contributed by atoms with Gasteiger partial charge < -0.3 is 19.7 Å². The maximum atomic E-state index is 8.17. The molecule has 140 valence electrons. The predicted molar refractivity (Wildman–Crippen MR) is 101 cm³/mol. The Kier molecular flexibility index (Phi) is 4.97. The molecule has 26 heavy (non-hydrogen) atoms. The number of nitrogens with zero attached hydrogens (tertiary/aromatic N) is 3. The number of rotatable bonds is 6. The van der Waals surface area contributed by atoms with Gasteiger partial charge in [0.2, 0.25) is 5.62 Å². The fourth-order valence-corrected chi connectivity index (χ4v) is 3.93. The van der Waals surface area contributed by atoms with Crippen LogP contribution in [0.15, 0.2) is 12.1 Å². The van der Waals surface area contributed by atoms with Crippen LogP contribution in [0.2, 0.25) is 0 Å². The minimum Gasteiger partial charge on any atom is -0.491 e. The molecule has 2 aliphatic heterocycles. The first-order valence-electron chi connectivity index (χ1n) is 9.53. The fraction of sp³-hybridized carbons (Fsp3) is 0.579. The molecule has 0 amide bonds. The zero-order valence-corrected chi connectivity index (χ0v) is 15.4. The maximum Gasteiger partial charge on any atom is 0.224 e. The van der Waals surface area contributed by atoms with E-state index < -0.39 is 0 Å². The van der Waals surface area contributed by atoms with Crippen LogP contribution in [0.4, 0.5) is 5.82 Å². The summed E-state index contributed by atoms with van der Waals surface area (Å²) in [4.78, 5) is 6.98. The topological polar surface area (TPSA) is 75.4 Å². The van der Waals surface area contributed by atoms with Gasteiger partial charge in [0.05, 0.1) is 13.7 Å². The third kappa shape index (κ3) is 3.23. The summed E-state index contributed by atoms with van der Waals surface area (Å²) >= 11 is 0. The van der Waals surface area contributed by atoms with Gasteiger partial charge in [-0.05, 0) is 44.5 Å². The SMILES string of the molecule is COc1c(OCCCN2CCCCC2)ccc2c3n(c(=N)nc12)CCN3. The number of nitrogens with one attached hydrogen (secondary N) is 2. The zero-order valence-electron chi connectivity index (χ0n) is 15.4. The second-order valence-corrected chi connectivity index (χ2v) is 6.96. The molecule has 1 aromatic carbocycles. The number of hydrogen-bond donors (Lipinski definition) is 2. The molecule has 0 radical (unpaired) electrons. The lowest BCUT2D eigenvalue weighted by Crippen LogP contribution is -2.31. The Hall–Kier alpha value is -2.28. The molecular formula is C19H27N5O2. The van der Waals surface area contributed by atoms with E-state index in [1.807, 2.05) is 16.7 Å². The highest BCUT2D eigenvalue weighted by molar-refractivity contribution is 5.95. The molecule has 0 aliphatic carbocycles. The number of fused-ring (bicyclic) bond motifs is 3. The van der Waals surface area contributed by atoms with Gasteiger partial charge in [-0.15, -0.1) is 0 Å². The molecule has 1 aromatic heterocycles. The summed E-state index contributed by atoms with van der Waals surface area (Å²) in [6, 6.07) is 3.96. The highest BCUT2D eigenvalue weighted by Crippen LogP contribution is 2.37. The summed E-state index contributed by atoms with van der Waals surface area (Å²) in [6.45, 7) is 5.76. The van der Waals surface area contributed by atoms with E-state index in [1.54, 1.807) is 7.11 Å². The molecular weight excluding hydrogens is 330 g/mol. The summed E-state index contributed by atoms with van der Waals surface area (Å²) in [6.07, 6.45) is 5.00. The molecule has 0 unspecified atom stereocenters. The van der Waals surface area contributed by atoms with Crippen molar-refractivity contribution in [3.63, 3.8) is 0 Å². The van der Waals surface area contributed by atoms with Gasteiger partial charge in [0.25, 0.3) is 0 Å². The summed E-state index contributed by atoms with van der Waals surface area (Å²) in [5.41, 5.74) is 0.935. The number of hydrogen-bond acceptors (Lipinski definition) is 6. The molecule has 0 spiro atoms. The number of aromatic nitrogens is 2. The molecule has 1 fully saturated rings. The smallest absolute Gasteiger partial charge is 0.224 e. The van der Waals surface area contributed by atoms with E-state index in [0.29, 0.717) is 23.6 Å². The normalized spacial score (nSPS) is 17.1. The largest absolute Gasteiger partial charge is 0.491 e. The van der Waals surface area contributed by atoms with Crippen molar-refractivity contribution in [1.82, 2.24) is 14.5 Å². The van der Waals surface area contributed by atoms with Gasteiger partial charge in [0.15, 0.2) is 11.5 Å². The minimum absolute atomic E-state index is 0.248. The van der Waals surface area contributed by atoms with Crippen LogP contribution in [0, 0.1) is 5.41 Å². The molecule has 1 saturated heterocycles. The maximum absolute atomic E-state index is 8.17. The number of likely N-dealkylation sites (tertiary alicyclic amines) is 1. The van der Waals surface area contributed by atoms with Gasteiger partial charge in [-0.3, -0.25) is 9.98 Å². The van der Waals surface area contributed by atoms with Crippen LogP contribution < -0.4 is 20.4 Å². The molecule has 2 aromatic rings. The lowest BCUT2D eigenvalue weighted by molar-refractivity contribution is 0.203. The van der Waals surface area contributed by atoms with Crippen LogP contribution in [0.5, 0.6) is 11.5 Å². The fourth-order valence-electron chi connectivity index (χ4n) is 3.93. The Morgan fingerprint density at radius 3 is 2.85 bits per heavy atom. The van der Waals surface area contributed by atoms with Gasteiger partial charge in [0, 0.05) is 25.0 Å². The summed E-state index contributed by atoms with van der Waals surface area (Å²) < 4.78 is 13.5. The van der Waals surface area contributed by atoms with Crippen molar-refractivity contribution in [2.24, 2.45) is 0 Å². The number of methoxy groups -OCH3 is 1. The Balaban J connectivity index is 1.50. The van der Waals surface area contributed by atoms with Gasteiger partial charge in [-0.25, -0.2) is 4.98 Å². The summed E-state index contributed by atoms with van der Waals surface area (Å²) in [5, 5.41) is 12.5. The molecule has 2 N–H and O–H groups in total. The highest BCUT2D eigenvalue weighted by Gasteiger charge is 2.19. The first kappa shape index (κ1) is 17.1. The van der Waals surface area contributed by atoms with E-state index in [9.17, 15) is 0 Å². The molecule has 2 aliphatic rings. The monoisotopic (exact) mass is 357 g/mol. The third-order valence-corrected chi connectivity index (χ3v) is 5.25. The highest BCUT2D eigenvalue weighted by atomic mass is 16.5. The lowest BCUT2D eigenvalue weighted by Gasteiger charge is -2.26. The van der Waals surface area contributed by atoms with Crippen molar-refractivity contribution in [3.8, 4) is 11.5 Å². The van der Waals surface area contributed by atoms with Crippen molar-refractivity contribution in [3.05, 3.63) is 17.8 Å². The van der Waals surface area contributed by atoms with Crippen molar-refractivity contribution in [1.29, 1.82) is 5.41 Å². The standard InChI is InChI=1S/C19H27N5O2/c1-25-17-15(26-13-5-11-23-9-3-2-4-10-23)7-6-14-16(17)22-19(20)24-12-8-21-18(14)24/h6-7,20-21H,2-5,8-13H2,1H3. The minimum atomic E-state index is 0.248. The van der Waals surface area contributed by atoms with E-state index >= 15 is 0 Å². The number of benzene rings is 1. The summed E-state index contributed by atoms with van der Waals surface area (Å²) in [7, 11) is 1.63. The Morgan fingerprint density at radius 2 is 2.04 bits per heavy atom. The van der Waals surface area contributed by atoms with Gasteiger partial charge in [-0.1, -0.05) is 6.42 Å². The molecule has 7 nitrogen and oxygen atoms in total. The average molecular weight is 357 g/mol. The van der Waals surface area contributed by atoms with E-state index in [0.717, 1.165) is 37.3 Å². The molecule has 0 saturated carbocycles. The third-order valence-electron chi connectivity index (χ3n) is 5.25. The average Bonchev–Trinajstić information content (AvgIpc) is 3.16. The molecule has 4 rings (SSSR count). The van der Waals surface area contributed by atoms with E-state index in [2.05, 4.69) is 15.2 Å². The van der Waals surface area contributed by atoms with Crippen LogP contribution in [-0.2, 0) is 6.54 Å². The quantitative estimate of drug-likeness (QED) is 0.775. The van der Waals surface area contributed by atoms with Crippen LogP contribution in [0.1, 0.15) is 25.7 Å². The number of anilines is 1. The van der Waals surface area contributed by atoms with Crippen LogP contribution in [0.3, 0.4) is 0 Å². The molecule has 0 atom stereocenters. The molecule has 7 heteroatoms. The Bertz CT molecular complexity index is 842. The number of ether oxygens (including phenoxy) is 2. The predicted octanol–water partition coefficient (Wildman–Crippen LogP) is 2.20. The zero-order chi connectivity index (χ0) is 17.9. The van der Waals surface area contributed by atoms with Crippen molar-refractivity contribution in [2.45, 2.75) is 32.2 Å². The van der Waals surface area contributed by atoms with Crippen LogP contribution in [-0.4, -0.2) is 54.3 Å². The van der Waals surface area contributed by atoms with Crippen molar-refractivity contribution >= 4 is 16.7 Å². The van der Waals surface area contributed by atoms with Gasteiger partial charge in [0.1, 0.15) is 11.3 Å². The number of piperidine rings is 1. The van der Waals surface area contributed by atoms with Crippen molar-refractivity contribution in [2.75, 3.05) is 45.2 Å². The molecule has 3 heterocycles. The first-order valence-corrected chi connectivity index (χ1v) is 9.53. The lowest BCUT2D eigenvalue weighted by atomic mass is 10.1. The van der Waals surface area contributed by atoms with Crippen molar-refractivity contribution < 1.29 is 9.47 Å². The van der Waals surface area contributed by atoms with E-state index in [-0.39, 0.29) is 5.62 Å². The second-order valence-electron chi connectivity index (χ2n) is 6.96. The van der Waals surface area contributed by atoms with Gasteiger partial charge in [-0.2, -0.15) is 0 Å². The van der Waals surface area contributed by atoms with Crippen LogP contribution >= 0.6 is 0 Å². The second kappa shape index (κ2) is 7.53. The van der Waals surface area contributed by atoms with Gasteiger partial charge >= 0.3 is 0 Å². The van der Waals surface area contributed by atoms with E-state index in [4.69, 9.17) is 14.9 Å². The first-order chi connectivity index (χ1) is 12.8. The Labute approximate surface area is 153 Å². The molecule has 0 bridgehead atoms. The Morgan fingerprint density at radius 1 is 1.19 bits per heavy atom. The van der Waals surface area contributed by atoms with E-state index in [1.165, 1.54) is 32.4 Å². The van der Waals surface area contributed by atoms with Crippen LogP contribution in [0.25, 0.3) is 10.9 Å².